The summed E-state index contributed by atoms with van der Waals surface area (Å²) in [5, 5.41) is 35.2. The highest BCUT2D eigenvalue weighted by Crippen LogP contribution is 2.52. The molecule has 4 N–H and O–H groups in total. The van der Waals surface area contributed by atoms with Gasteiger partial charge in [0, 0.05) is 64.4 Å². The van der Waals surface area contributed by atoms with Gasteiger partial charge in [0.15, 0.2) is 24.8 Å². The van der Waals surface area contributed by atoms with E-state index in [1.54, 1.807) is 91.0 Å². The minimum absolute atomic E-state index is 0.0719. The summed E-state index contributed by atoms with van der Waals surface area (Å²) in [6, 6.07) is 25.3. The summed E-state index contributed by atoms with van der Waals surface area (Å²) in [4.78, 5) is 34.3. The summed E-state index contributed by atoms with van der Waals surface area (Å²) in [5.74, 6) is 27.5. The average molecular weight is 766 g/mol. The molecule has 0 heterocycles. The maximum absolute atomic E-state index is 11.9. The van der Waals surface area contributed by atoms with Crippen LogP contribution in [0.1, 0.15) is 42.4 Å². The minimum atomic E-state index is -0.612. The van der Waals surface area contributed by atoms with Crippen molar-refractivity contribution in [1.82, 2.24) is 5.32 Å². The number of terminal acetylenes is 2. The molecule has 2 atom stereocenters. The molecule has 0 spiro atoms. The van der Waals surface area contributed by atoms with Crippen molar-refractivity contribution in [3.8, 4) is 90.3 Å². The van der Waals surface area contributed by atoms with E-state index in [2.05, 4.69) is 85.2 Å². The number of carbonyl (C=O) groups is 3. The number of nitriles is 3. The van der Waals surface area contributed by atoms with Crippen molar-refractivity contribution in [2.24, 2.45) is 17.8 Å². The van der Waals surface area contributed by atoms with E-state index in [0.29, 0.717) is 52.5 Å². The van der Waals surface area contributed by atoms with Gasteiger partial charge in [0.1, 0.15) is 0 Å². The molecule has 0 saturated heterocycles. The highest BCUT2D eigenvalue weighted by atomic mass is 16.6. The van der Waals surface area contributed by atoms with E-state index in [1.165, 1.54) is 0 Å². The van der Waals surface area contributed by atoms with Crippen LogP contribution in [-0.4, -0.2) is 38.0 Å². The fourth-order valence-electron chi connectivity index (χ4n) is 5.39. The number of urea groups is 1. The van der Waals surface area contributed by atoms with Crippen LogP contribution in [0.4, 0.5) is 31.4 Å². The van der Waals surface area contributed by atoms with Crippen molar-refractivity contribution < 1.29 is 23.9 Å². The molecule has 12 heteroatoms. The molecule has 4 amide bonds. The van der Waals surface area contributed by atoms with Crippen LogP contribution in [-0.2, 0) is 9.47 Å². The zero-order valence-corrected chi connectivity index (χ0v) is 31.1. The lowest BCUT2D eigenvalue weighted by molar-refractivity contribution is 0.152. The first-order valence-electron chi connectivity index (χ1n) is 17.6. The van der Waals surface area contributed by atoms with Crippen LogP contribution >= 0.6 is 0 Å². The van der Waals surface area contributed by atoms with Crippen LogP contribution < -0.4 is 21.3 Å². The highest BCUT2D eigenvalue weighted by molar-refractivity contribution is 5.89. The molecule has 5 rings (SSSR count). The second kappa shape index (κ2) is 25.3. The molecule has 284 valence electrons. The zero-order valence-electron chi connectivity index (χ0n) is 31.1. The third kappa shape index (κ3) is 17.0. The Hall–Kier alpha value is -8.70. The molecule has 3 aromatic rings. The normalized spacial score (nSPS) is 14.4. The second-order valence-electron chi connectivity index (χ2n) is 11.9. The Bertz CT molecular complexity index is 2260. The first-order valence-corrected chi connectivity index (χ1v) is 17.6. The minimum Gasteiger partial charge on any atom is -0.449 e. The summed E-state index contributed by atoms with van der Waals surface area (Å²) in [5.41, 5.74) is 3.97. The van der Waals surface area contributed by atoms with Gasteiger partial charge in [0.2, 0.25) is 0 Å². The highest BCUT2D eigenvalue weighted by Gasteiger charge is 2.49. The first-order chi connectivity index (χ1) is 28.3. The number of rotatable bonds is 7. The number of ether oxygens (including phenoxy) is 2. The zero-order chi connectivity index (χ0) is 41.8. The van der Waals surface area contributed by atoms with Crippen LogP contribution in [0.3, 0.4) is 0 Å². The third-order valence-corrected chi connectivity index (χ3v) is 8.08. The number of hydrogen-bond donors (Lipinski definition) is 4. The molecular weight excluding hydrogens is 731 g/mol. The number of carbonyl (C=O) groups excluding carboxylic acids is 3. The maximum Gasteiger partial charge on any atom is 0.412 e. The van der Waals surface area contributed by atoms with Crippen LogP contribution in [0.15, 0.2) is 72.8 Å². The SMILES string of the molecule is C#CCNC(=O)Nc1ccc(C#CC#N)cc1.C#CCOC(=O)Nc1ccc(C#CC#N)cc1.N#CC#Cc1ccc(NC(=O)OCC2C3CCC#CCCC32)cc1. The topological polar surface area (TPSA) is 189 Å². The lowest BCUT2D eigenvalue weighted by atomic mass is 10.1. The summed E-state index contributed by atoms with van der Waals surface area (Å²) in [7, 11) is 0. The summed E-state index contributed by atoms with van der Waals surface area (Å²) < 4.78 is 10.0. The molecule has 2 aliphatic rings. The number of amides is 4. The predicted molar refractivity (Wildman–Crippen MR) is 218 cm³/mol. The molecule has 2 unspecified atom stereocenters. The van der Waals surface area contributed by atoms with E-state index in [-0.39, 0.29) is 19.2 Å². The molecule has 1 fully saturated rings. The Morgan fingerprint density at radius 1 is 0.621 bits per heavy atom. The summed E-state index contributed by atoms with van der Waals surface area (Å²) in [6.45, 7) is 0.585. The molecule has 3 aromatic carbocycles. The quantitative estimate of drug-likeness (QED) is 0.193. The first kappa shape index (κ1) is 43.7. The number of hydrogen-bond acceptors (Lipinski definition) is 8. The van der Waals surface area contributed by atoms with Crippen molar-refractivity contribution in [3.05, 3.63) is 89.5 Å². The number of fused-ring (bicyclic) bond motifs is 1. The van der Waals surface area contributed by atoms with Gasteiger partial charge in [-0.1, -0.05) is 29.6 Å². The van der Waals surface area contributed by atoms with Gasteiger partial charge >= 0.3 is 18.2 Å². The van der Waals surface area contributed by atoms with E-state index < -0.39 is 12.2 Å². The smallest absolute Gasteiger partial charge is 0.412 e. The Kier molecular flexibility index (Phi) is 19.1. The molecular formula is C46H35N7O5. The summed E-state index contributed by atoms with van der Waals surface area (Å²) in [6.07, 6.45) is 13.1. The van der Waals surface area contributed by atoms with Gasteiger partial charge in [-0.05, 0) is 103 Å². The van der Waals surface area contributed by atoms with Gasteiger partial charge in [0.05, 0.1) is 13.2 Å². The Labute approximate surface area is 338 Å². The van der Waals surface area contributed by atoms with E-state index >= 15 is 0 Å². The molecule has 0 bridgehead atoms. The number of nitrogens with one attached hydrogen (secondary N) is 4. The lowest BCUT2D eigenvalue weighted by Crippen LogP contribution is -2.28. The maximum atomic E-state index is 11.9. The van der Waals surface area contributed by atoms with Crippen LogP contribution in [0.2, 0.25) is 0 Å². The Balaban J connectivity index is 0.000000239. The van der Waals surface area contributed by atoms with Crippen molar-refractivity contribution in [1.29, 1.82) is 15.8 Å². The lowest BCUT2D eigenvalue weighted by Gasteiger charge is -2.07. The van der Waals surface area contributed by atoms with Crippen molar-refractivity contribution in [3.63, 3.8) is 0 Å². The molecule has 1 saturated carbocycles. The van der Waals surface area contributed by atoms with E-state index in [1.807, 2.05) is 0 Å². The van der Waals surface area contributed by atoms with E-state index in [9.17, 15) is 14.4 Å². The van der Waals surface area contributed by atoms with Crippen LogP contribution in [0, 0.1) is 124 Å². The number of nitrogens with zero attached hydrogens (tertiary/aromatic N) is 3. The van der Waals surface area contributed by atoms with Gasteiger partial charge in [-0.15, -0.1) is 24.7 Å². The second-order valence-corrected chi connectivity index (χ2v) is 11.9. The monoisotopic (exact) mass is 765 g/mol. The standard InChI is InChI=1S/C20H18N2O2.C13H9N3O.C13H8N2O2/c21-13-5-6-15-9-11-16(12-10-15)22-20(23)24-14-19-17-7-3-1-2-4-8-18(17)19;1-2-10-15-13(17)16-12-7-5-11(6-8-12)4-3-9-14;1-2-10-17-13(16)15-12-7-5-11(6-8-12)4-3-9-14/h9-12,17-19H,3-4,7-8,14H2,(H,22,23);1,5-8H,10H2,(H2,15,16,17);1,5-8H,10H2,(H,15,16). The van der Waals surface area contributed by atoms with Crippen molar-refractivity contribution in [2.45, 2.75) is 25.7 Å². The third-order valence-electron chi connectivity index (χ3n) is 8.08. The van der Waals surface area contributed by atoms with Crippen LogP contribution in [0.25, 0.3) is 0 Å². The number of anilines is 3. The van der Waals surface area contributed by atoms with E-state index in [0.717, 1.165) is 31.2 Å². The Morgan fingerprint density at radius 3 is 1.43 bits per heavy atom. The molecule has 2 aliphatic carbocycles. The Morgan fingerprint density at radius 2 is 1.03 bits per heavy atom. The van der Waals surface area contributed by atoms with Crippen LogP contribution in [0.5, 0.6) is 0 Å². The van der Waals surface area contributed by atoms with Gasteiger partial charge < -0.3 is 20.1 Å². The van der Waals surface area contributed by atoms with Gasteiger partial charge in [-0.2, -0.15) is 15.8 Å². The molecule has 0 radical (unpaired) electrons. The fourth-order valence-corrected chi connectivity index (χ4v) is 5.39. The van der Waals surface area contributed by atoms with Gasteiger partial charge in [-0.3, -0.25) is 10.6 Å². The van der Waals surface area contributed by atoms with Crippen molar-refractivity contribution in [2.75, 3.05) is 35.7 Å². The van der Waals surface area contributed by atoms with Gasteiger partial charge in [-0.25, -0.2) is 14.4 Å². The largest absolute Gasteiger partial charge is 0.449 e. The van der Waals surface area contributed by atoms with Crippen molar-refractivity contribution >= 4 is 35.3 Å². The molecule has 12 nitrogen and oxygen atoms in total. The molecule has 58 heavy (non-hydrogen) atoms. The fraction of sp³-hybridized carbons (Fsp3) is 0.217. The number of benzene rings is 3. The van der Waals surface area contributed by atoms with Gasteiger partial charge in [0.25, 0.3) is 0 Å². The summed E-state index contributed by atoms with van der Waals surface area (Å²) >= 11 is 0. The average Bonchev–Trinajstić information content (AvgIpc) is 3.89. The molecule has 0 aliphatic heterocycles. The molecule has 0 aromatic heterocycles. The van der Waals surface area contributed by atoms with E-state index in [4.69, 9.17) is 33.4 Å². The predicted octanol–water partition coefficient (Wildman–Crippen LogP) is 6.61.